The van der Waals surface area contributed by atoms with Crippen molar-refractivity contribution in [2.24, 2.45) is 0 Å². The van der Waals surface area contributed by atoms with Crippen molar-refractivity contribution in [3.8, 4) is 5.75 Å². The number of esters is 3. The molecule has 3 atom stereocenters. The van der Waals surface area contributed by atoms with Gasteiger partial charge in [-0.2, -0.15) is 0 Å². The number of anilines is 3. The van der Waals surface area contributed by atoms with Crippen molar-refractivity contribution in [3.63, 3.8) is 0 Å². The zero-order valence-corrected chi connectivity index (χ0v) is 22.4. The molecule has 0 heterocycles. The lowest BCUT2D eigenvalue weighted by atomic mass is 10.0. The van der Waals surface area contributed by atoms with Crippen molar-refractivity contribution in [2.75, 3.05) is 17.2 Å². The second-order valence-electron chi connectivity index (χ2n) is 9.20. The van der Waals surface area contributed by atoms with E-state index in [2.05, 4.69) is 5.32 Å². The number of hydrogen-bond donors (Lipinski definition) is 4. The average Bonchev–Trinajstić information content (AvgIpc) is 2.91. The van der Waals surface area contributed by atoms with E-state index in [1.54, 1.807) is 30.3 Å². The van der Waals surface area contributed by atoms with E-state index in [4.69, 9.17) is 31.4 Å². The molecule has 40 heavy (non-hydrogen) atoms. The predicted molar refractivity (Wildman–Crippen MR) is 149 cm³/mol. The van der Waals surface area contributed by atoms with Gasteiger partial charge in [-0.05, 0) is 86.5 Å². The second-order valence-corrected chi connectivity index (χ2v) is 9.20. The molecule has 0 aromatic heterocycles. The molecular weight excluding hydrogens is 516 g/mol. The molecule has 3 rings (SSSR count). The quantitative estimate of drug-likeness (QED) is 0.167. The molecule has 11 heteroatoms. The number of carbonyl (C=O) groups is 4. The third-order valence-electron chi connectivity index (χ3n) is 5.91. The van der Waals surface area contributed by atoms with Gasteiger partial charge < -0.3 is 36.7 Å². The zero-order valence-electron chi connectivity index (χ0n) is 22.4. The number of nitrogens with one attached hydrogen (secondary N) is 1. The highest BCUT2D eigenvalue weighted by Crippen LogP contribution is 2.17. The molecule has 0 aliphatic heterocycles. The maximum absolute atomic E-state index is 13.1. The number of carbonyl (C=O) groups excluding carboxylic acids is 4. The Morgan fingerprint density at radius 2 is 1.38 bits per heavy atom. The summed E-state index contributed by atoms with van der Waals surface area (Å²) in [4.78, 5) is 51.0. The van der Waals surface area contributed by atoms with Crippen molar-refractivity contribution < 1.29 is 33.4 Å². The van der Waals surface area contributed by atoms with Crippen LogP contribution in [0.25, 0.3) is 0 Å². The van der Waals surface area contributed by atoms with Gasteiger partial charge in [0.25, 0.3) is 5.91 Å². The molecule has 210 valence electrons. The van der Waals surface area contributed by atoms with E-state index in [0.717, 1.165) is 5.56 Å². The van der Waals surface area contributed by atoms with Gasteiger partial charge in [0.05, 0.1) is 5.56 Å². The Morgan fingerprint density at radius 1 is 0.775 bits per heavy atom. The fourth-order valence-electron chi connectivity index (χ4n) is 3.48. The minimum absolute atomic E-state index is 0.00654. The molecule has 3 aromatic carbocycles. The minimum Gasteiger partial charge on any atom is -0.449 e. The molecule has 0 fully saturated rings. The summed E-state index contributed by atoms with van der Waals surface area (Å²) in [7, 11) is 0. The first kappa shape index (κ1) is 29.5. The van der Waals surface area contributed by atoms with E-state index in [-0.39, 0.29) is 17.7 Å². The normalized spacial score (nSPS) is 12.9. The van der Waals surface area contributed by atoms with Crippen molar-refractivity contribution in [1.82, 2.24) is 5.32 Å². The summed E-state index contributed by atoms with van der Waals surface area (Å²) in [6.45, 7) is 4.54. The van der Waals surface area contributed by atoms with Gasteiger partial charge in [0.15, 0.2) is 12.2 Å². The van der Waals surface area contributed by atoms with Crippen LogP contribution in [-0.2, 0) is 30.3 Å². The van der Waals surface area contributed by atoms with E-state index in [0.29, 0.717) is 22.6 Å². The first-order valence-electron chi connectivity index (χ1n) is 12.4. The van der Waals surface area contributed by atoms with Crippen LogP contribution in [0, 0.1) is 6.92 Å². The summed E-state index contributed by atoms with van der Waals surface area (Å²) in [5.74, 6) is -2.99. The number of hydrogen-bond acceptors (Lipinski definition) is 10. The van der Waals surface area contributed by atoms with E-state index in [1.165, 1.54) is 50.2 Å². The topological polar surface area (TPSA) is 186 Å². The molecule has 0 spiro atoms. The smallest absolute Gasteiger partial charge is 0.352 e. The van der Waals surface area contributed by atoms with Crippen LogP contribution in [0.4, 0.5) is 17.1 Å². The molecule has 0 aliphatic rings. The average molecular weight is 549 g/mol. The Bertz CT molecular complexity index is 1370. The van der Waals surface area contributed by atoms with E-state index >= 15 is 0 Å². The van der Waals surface area contributed by atoms with Crippen molar-refractivity contribution >= 4 is 40.9 Å². The number of ether oxygens (including phenoxy) is 3. The second kappa shape index (κ2) is 13.1. The Kier molecular flexibility index (Phi) is 9.69. The first-order valence-corrected chi connectivity index (χ1v) is 12.4. The van der Waals surface area contributed by atoms with Gasteiger partial charge in [-0.3, -0.25) is 4.79 Å². The lowest BCUT2D eigenvalue weighted by Gasteiger charge is -2.22. The van der Waals surface area contributed by atoms with E-state index in [9.17, 15) is 19.2 Å². The predicted octanol–water partition coefficient (Wildman–Crippen LogP) is 2.55. The lowest BCUT2D eigenvalue weighted by Crippen LogP contribution is -2.48. The molecule has 0 bridgehead atoms. The van der Waals surface area contributed by atoms with Crippen molar-refractivity contribution in [1.29, 1.82) is 0 Å². The number of nitrogen functional groups attached to an aromatic ring is 3. The standard InChI is InChI=1S/C29H32N4O7/c1-16-4-5-19(14-24(16)32)15-25(29(37)39-18(3)27(35)40-23-12-10-22(31)11-13-23)33-26(34)17(2)38-28(36)20-6-8-21(30)9-7-20/h4-14,17-18,25H,15,30-32H2,1-3H3,(H,33,34). The van der Waals surface area contributed by atoms with Crippen LogP contribution in [0.5, 0.6) is 5.75 Å². The lowest BCUT2D eigenvalue weighted by molar-refractivity contribution is -0.163. The van der Waals surface area contributed by atoms with Gasteiger partial charge in [-0.25, -0.2) is 14.4 Å². The first-order chi connectivity index (χ1) is 18.9. The summed E-state index contributed by atoms with van der Waals surface area (Å²) >= 11 is 0. The highest BCUT2D eigenvalue weighted by Gasteiger charge is 2.30. The molecule has 0 saturated heterocycles. The fourth-order valence-corrected chi connectivity index (χ4v) is 3.48. The van der Waals surface area contributed by atoms with Gasteiger partial charge in [0.1, 0.15) is 11.8 Å². The summed E-state index contributed by atoms with van der Waals surface area (Å²) in [5.41, 5.74) is 20.4. The number of benzene rings is 3. The summed E-state index contributed by atoms with van der Waals surface area (Å²) < 4.78 is 15.8. The van der Waals surface area contributed by atoms with Gasteiger partial charge in [-0.1, -0.05) is 12.1 Å². The Hall–Kier alpha value is -5.06. The minimum atomic E-state index is -1.30. The molecule has 0 aliphatic carbocycles. The van der Waals surface area contributed by atoms with Gasteiger partial charge >= 0.3 is 17.9 Å². The third-order valence-corrected chi connectivity index (χ3v) is 5.91. The largest absolute Gasteiger partial charge is 0.449 e. The zero-order chi connectivity index (χ0) is 29.4. The van der Waals surface area contributed by atoms with Crippen LogP contribution >= 0.6 is 0 Å². The Morgan fingerprint density at radius 3 is 1.98 bits per heavy atom. The number of nitrogens with two attached hydrogens (primary N) is 3. The molecule has 11 nitrogen and oxygen atoms in total. The van der Waals surface area contributed by atoms with E-state index in [1.807, 2.05) is 6.92 Å². The number of amides is 1. The maximum atomic E-state index is 13.1. The van der Waals surface area contributed by atoms with Crippen LogP contribution in [-0.4, -0.2) is 42.1 Å². The number of rotatable bonds is 10. The molecule has 1 amide bonds. The van der Waals surface area contributed by atoms with Gasteiger partial charge in [0.2, 0.25) is 0 Å². The highest BCUT2D eigenvalue weighted by molar-refractivity contribution is 5.93. The Labute approximate surface area is 231 Å². The van der Waals surface area contributed by atoms with Crippen LogP contribution < -0.4 is 27.3 Å². The summed E-state index contributed by atoms with van der Waals surface area (Å²) in [6, 6.07) is 16.1. The summed E-state index contributed by atoms with van der Waals surface area (Å²) in [5, 5.41) is 2.55. The monoisotopic (exact) mass is 548 g/mol. The van der Waals surface area contributed by atoms with Gasteiger partial charge in [-0.15, -0.1) is 0 Å². The van der Waals surface area contributed by atoms with Crippen LogP contribution in [0.15, 0.2) is 66.7 Å². The fraction of sp³-hybridized carbons (Fsp3) is 0.241. The number of aryl methyl sites for hydroxylation is 1. The maximum Gasteiger partial charge on any atom is 0.352 e. The van der Waals surface area contributed by atoms with Crippen LogP contribution in [0.2, 0.25) is 0 Å². The SMILES string of the molecule is Cc1ccc(CC(NC(=O)C(C)OC(=O)c2ccc(N)cc2)C(=O)OC(C)C(=O)Oc2ccc(N)cc2)cc1N. The molecular formula is C29H32N4O7. The van der Waals surface area contributed by atoms with Crippen molar-refractivity contribution in [2.45, 2.75) is 45.4 Å². The summed E-state index contributed by atoms with van der Waals surface area (Å²) in [6.07, 6.45) is -2.56. The van der Waals surface area contributed by atoms with Crippen LogP contribution in [0.3, 0.4) is 0 Å². The molecule has 7 N–H and O–H groups in total. The molecule has 3 aromatic rings. The molecule has 0 radical (unpaired) electrons. The van der Waals surface area contributed by atoms with E-state index < -0.39 is 42.1 Å². The Balaban J connectivity index is 1.70. The van der Waals surface area contributed by atoms with Crippen molar-refractivity contribution in [3.05, 3.63) is 83.4 Å². The third kappa shape index (κ3) is 8.22. The highest BCUT2D eigenvalue weighted by atomic mass is 16.6. The molecule has 0 saturated carbocycles. The van der Waals surface area contributed by atoms with Crippen LogP contribution in [0.1, 0.15) is 35.3 Å². The molecule has 3 unspecified atom stereocenters. The van der Waals surface area contributed by atoms with Gasteiger partial charge in [0, 0.05) is 23.5 Å².